The summed E-state index contributed by atoms with van der Waals surface area (Å²) in [5.41, 5.74) is 2.37. The number of anilines is 2. The normalized spacial score (nSPS) is 13.0. The van der Waals surface area contributed by atoms with Crippen molar-refractivity contribution in [3.8, 4) is 0 Å². The lowest BCUT2D eigenvalue weighted by molar-refractivity contribution is -0.116. The summed E-state index contributed by atoms with van der Waals surface area (Å²) in [6.45, 7) is 0.439. The molecule has 0 unspecified atom stereocenters. The van der Waals surface area contributed by atoms with Crippen LogP contribution in [0.5, 0.6) is 0 Å². The molecular weight excluding hydrogens is 448 g/mol. The van der Waals surface area contributed by atoms with Crippen LogP contribution in [0, 0.1) is 0 Å². The van der Waals surface area contributed by atoms with Crippen LogP contribution >= 0.6 is 0 Å². The van der Waals surface area contributed by atoms with Gasteiger partial charge in [0.05, 0.1) is 6.33 Å². The highest BCUT2D eigenvalue weighted by Crippen LogP contribution is 2.31. The van der Waals surface area contributed by atoms with Gasteiger partial charge in [-0.05, 0) is 42.7 Å². The molecule has 0 spiro atoms. The van der Waals surface area contributed by atoms with Gasteiger partial charge in [-0.2, -0.15) is 0 Å². The Balaban J connectivity index is 1.40. The van der Waals surface area contributed by atoms with Crippen LogP contribution < -0.4 is 21.5 Å². The average molecular weight is 473 g/mol. The lowest BCUT2D eigenvalue weighted by Gasteiger charge is -2.30. The Kier molecular flexibility index (Phi) is 5.56. The summed E-state index contributed by atoms with van der Waals surface area (Å²) in [5, 5.41) is 2.85. The molecule has 1 aliphatic rings. The number of benzene rings is 2. The quantitative estimate of drug-likeness (QED) is 0.486. The van der Waals surface area contributed by atoms with E-state index >= 15 is 0 Å². The molecule has 1 aliphatic heterocycles. The van der Waals surface area contributed by atoms with Gasteiger partial charge in [0.2, 0.25) is 5.91 Å². The number of nitrogens with zero attached hydrogens (tertiary/aromatic N) is 5. The molecule has 0 atom stereocenters. The Bertz CT molecular complexity index is 1580. The Morgan fingerprint density at radius 1 is 1.03 bits per heavy atom. The van der Waals surface area contributed by atoms with Gasteiger partial charge in [-0.25, -0.2) is 9.78 Å². The zero-order valence-corrected chi connectivity index (χ0v) is 19.4. The SMILES string of the molecule is Cn1c(=O)c2c(ncn2CC(=O)Nc2ccc3c(c2)N(C(=O)c2ccccc2)CCC3)n(C)c1=O. The van der Waals surface area contributed by atoms with Gasteiger partial charge in [0.15, 0.2) is 11.2 Å². The number of amides is 2. The van der Waals surface area contributed by atoms with Crippen LogP contribution in [0.2, 0.25) is 0 Å². The summed E-state index contributed by atoms with van der Waals surface area (Å²) >= 11 is 0. The number of nitrogens with one attached hydrogen (secondary N) is 1. The summed E-state index contributed by atoms with van der Waals surface area (Å²) in [7, 11) is 2.91. The van der Waals surface area contributed by atoms with Crippen LogP contribution in [0.15, 0.2) is 64.4 Å². The smallest absolute Gasteiger partial charge is 0.324 e. The molecule has 0 saturated carbocycles. The molecule has 2 aromatic heterocycles. The molecule has 0 aliphatic carbocycles. The average Bonchev–Trinajstić information content (AvgIpc) is 3.29. The number of hydrogen-bond donors (Lipinski definition) is 1. The van der Waals surface area contributed by atoms with Crippen molar-refractivity contribution < 1.29 is 9.59 Å². The zero-order valence-electron chi connectivity index (χ0n) is 19.4. The second kappa shape index (κ2) is 8.71. The van der Waals surface area contributed by atoms with Crippen LogP contribution in [0.4, 0.5) is 11.4 Å². The van der Waals surface area contributed by atoms with E-state index in [2.05, 4.69) is 10.3 Å². The monoisotopic (exact) mass is 472 g/mol. The van der Waals surface area contributed by atoms with E-state index in [1.807, 2.05) is 36.4 Å². The molecule has 0 radical (unpaired) electrons. The molecular formula is C25H24N6O4. The minimum Gasteiger partial charge on any atom is -0.324 e. The van der Waals surface area contributed by atoms with E-state index < -0.39 is 11.2 Å². The summed E-state index contributed by atoms with van der Waals surface area (Å²) in [6.07, 6.45) is 3.09. The van der Waals surface area contributed by atoms with Crippen LogP contribution in [0.3, 0.4) is 0 Å². The Labute approximate surface area is 200 Å². The minimum absolute atomic E-state index is 0.0821. The summed E-state index contributed by atoms with van der Waals surface area (Å²) in [6, 6.07) is 14.7. The van der Waals surface area contributed by atoms with Gasteiger partial charge in [0.25, 0.3) is 11.5 Å². The summed E-state index contributed by atoms with van der Waals surface area (Å²) in [5.74, 6) is -0.446. The maximum atomic E-state index is 13.1. The van der Waals surface area contributed by atoms with E-state index in [4.69, 9.17) is 0 Å². The van der Waals surface area contributed by atoms with Crippen LogP contribution in [0.25, 0.3) is 11.2 Å². The zero-order chi connectivity index (χ0) is 24.7. The molecule has 3 heterocycles. The molecule has 178 valence electrons. The second-order valence-corrected chi connectivity index (χ2v) is 8.57. The fourth-order valence-electron chi connectivity index (χ4n) is 4.47. The Morgan fingerprint density at radius 3 is 2.57 bits per heavy atom. The topological polar surface area (TPSA) is 111 Å². The van der Waals surface area contributed by atoms with Crippen molar-refractivity contribution in [2.75, 3.05) is 16.8 Å². The number of rotatable bonds is 4. The molecule has 4 aromatic rings. The van der Waals surface area contributed by atoms with Gasteiger partial charge in [-0.15, -0.1) is 0 Å². The molecule has 2 aromatic carbocycles. The number of aromatic nitrogens is 4. The summed E-state index contributed by atoms with van der Waals surface area (Å²) in [4.78, 5) is 56.6. The summed E-state index contributed by atoms with van der Waals surface area (Å²) < 4.78 is 3.68. The van der Waals surface area contributed by atoms with Crippen LogP contribution in [-0.2, 0) is 31.9 Å². The van der Waals surface area contributed by atoms with Crippen molar-refractivity contribution in [2.45, 2.75) is 19.4 Å². The molecule has 2 amide bonds. The second-order valence-electron chi connectivity index (χ2n) is 8.57. The molecule has 1 N–H and O–H groups in total. The number of imidazole rings is 1. The van der Waals surface area contributed by atoms with E-state index in [0.717, 1.165) is 28.7 Å². The van der Waals surface area contributed by atoms with Gasteiger partial charge in [0, 0.05) is 37.6 Å². The predicted octanol–water partition coefficient (Wildman–Crippen LogP) is 1.67. The maximum absolute atomic E-state index is 13.1. The van der Waals surface area contributed by atoms with Crippen molar-refractivity contribution >= 4 is 34.4 Å². The lowest BCUT2D eigenvalue weighted by Crippen LogP contribution is -2.37. The van der Waals surface area contributed by atoms with Crippen molar-refractivity contribution in [2.24, 2.45) is 14.1 Å². The molecule has 0 bridgehead atoms. The molecule has 0 fully saturated rings. The highest BCUT2D eigenvalue weighted by Gasteiger charge is 2.24. The highest BCUT2D eigenvalue weighted by molar-refractivity contribution is 6.07. The van der Waals surface area contributed by atoms with Crippen molar-refractivity contribution in [3.63, 3.8) is 0 Å². The first kappa shape index (κ1) is 22.3. The predicted molar refractivity (Wildman–Crippen MR) is 132 cm³/mol. The highest BCUT2D eigenvalue weighted by atomic mass is 16.2. The van der Waals surface area contributed by atoms with Gasteiger partial charge >= 0.3 is 5.69 Å². The van der Waals surface area contributed by atoms with Crippen molar-refractivity contribution in [1.82, 2.24) is 18.7 Å². The molecule has 10 heteroatoms. The van der Waals surface area contributed by atoms with Crippen molar-refractivity contribution in [3.05, 3.63) is 86.8 Å². The van der Waals surface area contributed by atoms with Gasteiger partial charge in [-0.1, -0.05) is 24.3 Å². The Morgan fingerprint density at radius 2 is 1.80 bits per heavy atom. The number of hydrogen-bond acceptors (Lipinski definition) is 5. The van der Waals surface area contributed by atoms with Crippen LogP contribution in [-0.4, -0.2) is 37.0 Å². The third kappa shape index (κ3) is 3.92. The molecule has 35 heavy (non-hydrogen) atoms. The number of aryl methyl sites for hydroxylation is 2. The fraction of sp³-hybridized carbons (Fsp3) is 0.240. The molecule has 5 rings (SSSR count). The molecule has 10 nitrogen and oxygen atoms in total. The minimum atomic E-state index is -0.516. The Hall–Kier alpha value is -4.47. The number of carbonyl (C=O) groups is 2. The van der Waals surface area contributed by atoms with E-state index in [0.29, 0.717) is 17.8 Å². The first-order valence-electron chi connectivity index (χ1n) is 11.3. The van der Waals surface area contributed by atoms with Gasteiger partial charge in [0.1, 0.15) is 6.54 Å². The van der Waals surface area contributed by atoms with Gasteiger partial charge in [-0.3, -0.25) is 23.5 Å². The lowest BCUT2D eigenvalue weighted by atomic mass is 10.00. The first-order chi connectivity index (χ1) is 16.8. The first-order valence-corrected chi connectivity index (χ1v) is 11.3. The standard InChI is InChI=1S/C25H24N6O4/c1-28-22-21(24(34)29(2)25(28)35)30(15-26-22)14-20(32)27-18-11-10-16-9-6-12-31(19(16)13-18)23(33)17-7-4-3-5-8-17/h3-5,7-8,10-11,13,15H,6,9,12,14H2,1-2H3,(H,27,32). The van der Waals surface area contributed by atoms with Crippen LogP contribution in [0.1, 0.15) is 22.3 Å². The largest absolute Gasteiger partial charge is 0.332 e. The van der Waals surface area contributed by atoms with Gasteiger partial charge < -0.3 is 14.8 Å². The van der Waals surface area contributed by atoms with E-state index in [1.54, 1.807) is 17.0 Å². The van der Waals surface area contributed by atoms with Crippen molar-refractivity contribution in [1.29, 1.82) is 0 Å². The third-order valence-corrected chi connectivity index (χ3v) is 6.28. The number of fused-ring (bicyclic) bond motifs is 2. The number of carbonyl (C=O) groups excluding carboxylic acids is 2. The van der Waals surface area contributed by atoms with E-state index in [9.17, 15) is 19.2 Å². The van der Waals surface area contributed by atoms with E-state index in [1.165, 1.54) is 29.6 Å². The fourth-order valence-corrected chi connectivity index (χ4v) is 4.47. The van der Waals surface area contributed by atoms with E-state index in [-0.39, 0.29) is 29.5 Å². The maximum Gasteiger partial charge on any atom is 0.332 e. The third-order valence-electron chi connectivity index (χ3n) is 6.28. The molecule has 0 saturated heterocycles.